The SMILES string of the molecule is CC(Sc1nnc(NCC2CCCO2)s1)C(=O)N(C)C1CCCCC1. The first-order valence-corrected chi connectivity index (χ1v) is 11.0. The summed E-state index contributed by atoms with van der Waals surface area (Å²) in [4.78, 5) is 14.6. The largest absolute Gasteiger partial charge is 0.376 e. The second-order valence-electron chi connectivity index (χ2n) is 6.89. The highest BCUT2D eigenvalue weighted by Crippen LogP contribution is 2.31. The summed E-state index contributed by atoms with van der Waals surface area (Å²) in [5, 5.41) is 12.4. The Morgan fingerprint density at radius 1 is 1.32 bits per heavy atom. The Kier molecular flexibility index (Phi) is 6.95. The summed E-state index contributed by atoms with van der Waals surface area (Å²) in [6.07, 6.45) is 8.56. The van der Waals surface area contributed by atoms with Crippen LogP contribution in [-0.2, 0) is 9.53 Å². The average molecular weight is 385 g/mol. The molecule has 2 fully saturated rings. The minimum Gasteiger partial charge on any atom is -0.376 e. The van der Waals surface area contributed by atoms with E-state index >= 15 is 0 Å². The fourth-order valence-electron chi connectivity index (χ4n) is 3.47. The predicted molar refractivity (Wildman–Crippen MR) is 102 cm³/mol. The van der Waals surface area contributed by atoms with Crippen LogP contribution in [0.4, 0.5) is 5.13 Å². The number of aromatic nitrogens is 2. The Morgan fingerprint density at radius 2 is 2.12 bits per heavy atom. The lowest BCUT2D eigenvalue weighted by Crippen LogP contribution is -2.42. The number of carbonyl (C=O) groups excluding carboxylic acids is 1. The second kappa shape index (κ2) is 9.19. The monoisotopic (exact) mass is 384 g/mol. The molecule has 1 aliphatic carbocycles. The molecule has 1 N–H and O–H groups in total. The molecule has 25 heavy (non-hydrogen) atoms. The van der Waals surface area contributed by atoms with Crippen LogP contribution in [0.3, 0.4) is 0 Å². The van der Waals surface area contributed by atoms with Gasteiger partial charge in [0.1, 0.15) is 0 Å². The van der Waals surface area contributed by atoms with E-state index in [1.807, 2.05) is 18.9 Å². The molecule has 1 aliphatic heterocycles. The predicted octanol–water partition coefficient (Wildman–Crippen LogP) is 3.40. The van der Waals surface area contributed by atoms with Crippen LogP contribution < -0.4 is 5.32 Å². The van der Waals surface area contributed by atoms with Crippen LogP contribution in [0.5, 0.6) is 0 Å². The molecule has 1 aromatic rings. The summed E-state index contributed by atoms with van der Waals surface area (Å²) >= 11 is 3.02. The molecule has 2 unspecified atom stereocenters. The number of hydrogen-bond acceptors (Lipinski definition) is 7. The zero-order valence-electron chi connectivity index (χ0n) is 15.1. The molecular weight excluding hydrogens is 356 g/mol. The lowest BCUT2D eigenvalue weighted by atomic mass is 9.94. The molecule has 2 aliphatic rings. The van der Waals surface area contributed by atoms with Crippen molar-refractivity contribution in [1.82, 2.24) is 15.1 Å². The number of nitrogens with zero attached hydrogens (tertiary/aromatic N) is 3. The van der Waals surface area contributed by atoms with E-state index in [2.05, 4.69) is 15.5 Å². The maximum absolute atomic E-state index is 12.7. The molecule has 1 aromatic heterocycles. The van der Waals surface area contributed by atoms with Crippen molar-refractivity contribution in [2.45, 2.75) is 73.6 Å². The number of thioether (sulfide) groups is 1. The van der Waals surface area contributed by atoms with Gasteiger partial charge in [0.25, 0.3) is 0 Å². The highest BCUT2D eigenvalue weighted by atomic mass is 32.2. The van der Waals surface area contributed by atoms with Crippen molar-refractivity contribution in [3.63, 3.8) is 0 Å². The van der Waals surface area contributed by atoms with Gasteiger partial charge in [-0.1, -0.05) is 42.4 Å². The Hall–Kier alpha value is -0.860. The zero-order chi connectivity index (χ0) is 17.6. The van der Waals surface area contributed by atoms with Crippen molar-refractivity contribution in [3.8, 4) is 0 Å². The lowest BCUT2D eigenvalue weighted by molar-refractivity contribution is -0.131. The normalized spacial score (nSPS) is 22.7. The van der Waals surface area contributed by atoms with Crippen LogP contribution in [-0.4, -0.2) is 58.6 Å². The van der Waals surface area contributed by atoms with Gasteiger partial charge in [-0.25, -0.2) is 0 Å². The van der Waals surface area contributed by atoms with Gasteiger partial charge in [-0.2, -0.15) is 0 Å². The summed E-state index contributed by atoms with van der Waals surface area (Å²) in [6.45, 7) is 3.60. The van der Waals surface area contributed by atoms with E-state index in [0.717, 1.165) is 48.3 Å². The summed E-state index contributed by atoms with van der Waals surface area (Å²) in [5.74, 6) is 0.195. The minimum atomic E-state index is -0.133. The van der Waals surface area contributed by atoms with E-state index in [1.54, 1.807) is 0 Å². The summed E-state index contributed by atoms with van der Waals surface area (Å²) in [5.41, 5.74) is 0. The Labute approximate surface area is 158 Å². The fourth-order valence-corrected chi connectivity index (χ4v) is 5.48. The van der Waals surface area contributed by atoms with Gasteiger partial charge in [-0.3, -0.25) is 4.79 Å². The molecule has 0 bridgehead atoms. The molecule has 2 heterocycles. The maximum Gasteiger partial charge on any atom is 0.235 e. The Bertz CT molecular complexity index is 557. The molecule has 1 saturated heterocycles. The van der Waals surface area contributed by atoms with Crippen molar-refractivity contribution in [3.05, 3.63) is 0 Å². The molecule has 3 rings (SSSR count). The number of hydrogen-bond donors (Lipinski definition) is 1. The van der Waals surface area contributed by atoms with E-state index in [-0.39, 0.29) is 17.3 Å². The minimum absolute atomic E-state index is 0.133. The molecule has 140 valence electrons. The van der Waals surface area contributed by atoms with Gasteiger partial charge < -0.3 is 15.0 Å². The highest BCUT2D eigenvalue weighted by Gasteiger charge is 2.27. The maximum atomic E-state index is 12.7. The quantitative estimate of drug-likeness (QED) is 0.727. The first-order valence-electron chi connectivity index (χ1n) is 9.26. The van der Waals surface area contributed by atoms with Crippen molar-refractivity contribution >= 4 is 34.1 Å². The van der Waals surface area contributed by atoms with Gasteiger partial charge in [0.15, 0.2) is 4.34 Å². The number of nitrogens with one attached hydrogen (secondary N) is 1. The van der Waals surface area contributed by atoms with Crippen LogP contribution in [0.15, 0.2) is 4.34 Å². The van der Waals surface area contributed by atoms with Gasteiger partial charge in [0.05, 0.1) is 11.4 Å². The summed E-state index contributed by atoms with van der Waals surface area (Å²) < 4.78 is 6.44. The van der Waals surface area contributed by atoms with E-state index in [9.17, 15) is 4.79 Å². The molecule has 1 saturated carbocycles. The van der Waals surface area contributed by atoms with Crippen LogP contribution in [0, 0.1) is 0 Å². The van der Waals surface area contributed by atoms with Gasteiger partial charge in [-0.15, -0.1) is 10.2 Å². The van der Waals surface area contributed by atoms with Gasteiger partial charge >= 0.3 is 0 Å². The smallest absolute Gasteiger partial charge is 0.235 e. The first-order chi connectivity index (χ1) is 12.1. The zero-order valence-corrected chi connectivity index (χ0v) is 16.7. The summed E-state index contributed by atoms with van der Waals surface area (Å²) in [7, 11) is 1.95. The molecule has 6 nitrogen and oxygen atoms in total. The van der Waals surface area contributed by atoms with Crippen molar-refractivity contribution < 1.29 is 9.53 Å². The van der Waals surface area contributed by atoms with E-state index in [1.165, 1.54) is 42.4 Å². The molecule has 8 heteroatoms. The third-order valence-electron chi connectivity index (χ3n) is 5.01. The molecule has 0 radical (unpaired) electrons. The molecule has 1 amide bonds. The molecule has 0 spiro atoms. The highest BCUT2D eigenvalue weighted by molar-refractivity contribution is 8.02. The van der Waals surface area contributed by atoms with Gasteiger partial charge in [0, 0.05) is 26.2 Å². The third kappa shape index (κ3) is 5.31. The van der Waals surface area contributed by atoms with E-state index < -0.39 is 0 Å². The van der Waals surface area contributed by atoms with Gasteiger partial charge in [0.2, 0.25) is 11.0 Å². The average Bonchev–Trinajstić information content (AvgIpc) is 3.31. The van der Waals surface area contributed by atoms with Crippen LogP contribution in [0.2, 0.25) is 0 Å². The van der Waals surface area contributed by atoms with Crippen LogP contribution >= 0.6 is 23.1 Å². The van der Waals surface area contributed by atoms with Crippen molar-refractivity contribution in [2.24, 2.45) is 0 Å². The summed E-state index contributed by atoms with van der Waals surface area (Å²) in [6, 6.07) is 0.405. The number of amides is 1. The number of anilines is 1. The Morgan fingerprint density at radius 3 is 2.84 bits per heavy atom. The second-order valence-corrected chi connectivity index (χ2v) is 9.46. The van der Waals surface area contributed by atoms with E-state index in [0.29, 0.717) is 6.04 Å². The standard InChI is InChI=1S/C17H28N4O2S2/c1-12(15(22)21(2)13-7-4-3-5-8-13)24-17-20-19-16(25-17)18-11-14-9-6-10-23-14/h12-14H,3-11H2,1-2H3,(H,18,19). The lowest BCUT2D eigenvalue weighted by Gasteiger charge is -2.32. The van der Waals surface area contributed by atoms with Gasteiger partial charge in [-0.05, 0) is 32.6 Å². The topological polar surface area (TPSA) is 67.4 Å². The van der Waals surface area contributed by atoms with Crippen molar-refractivity contribution in [1.29, 1.82) is 0 Å². The van der Waals surface area contributed by atoms with Crippen LogP contribution in [0.25, 0.3) is 0 Å². The van der Waals surface area contributed by atoms with E-state index in [4.69, 9.17) is 4.74 Å². The Balaban J connectivity index is 1.46. The first kappa shape index (κ1) is 18.9. The number of rotatable bonds is 7. The fraction of sp³-hybridized carbons (Fsp3) is 0.824. The number of carbonyl (C=O) groups is 1. The molecule has 0 aromatic carbocycles. The van der Waals surface area contributed by atoms with Crippen LogP contribution in [0.1, 0.15) is 51.9 Å². The number of ether oxygens (including phenoxy) is 1. The van der Waals surface area contributed by atoms with Crippen molar-refractivity contribution in [2.75, 3.05) is 25.5 Å². The third-order valence-corrected chi connectivity index (χ3v) is 7.06. The molecule has 2 atom stereocenters. The molecular formula is C17H28N4O2S2.